The number of ketones is 1. The number of Topliss-reactive ketones (excluding diaryl/α,β-unsaturated/α-hetero) is 1. The molecule has 0 saturated carbocycles. The molecular weight excluding hydrogens is 168 g/mol. The highest BCUT2D eigenvalue weighted by molar-refractivity contribution is 6.00. The lowest BCUT2D eigenvalue weighted by atomic mass is 10.1. The van der Waals surface area contributed by atoms with Crippen molar-refractivity contribution in [3.05, 3.63) is 30.1 Å². The molecule has 0 radical (unpaired) electrons. The van der Waals surface area contributed by atoms with Gasteiger partial charge in [-0.25, -0.2) is 0 Å². The van der Waals surface area contributed by atoms with Crippen LogP contribution in [-0.4, -0.2) is 24.0 Å². The molecule has 0 N–H and O–H groups in total. The van der Waals surface area contributed by atoms with Crippen molar-refractivity contribution in [1.82, 2.24) is 4.98 Å². The van der Waals surface area contributed by atoms with E-state index in [1.165, 1.54) is 19.5 Å². The Morgan fingerprint density at radius 3 is 2.69 bits per heavy atom. The number of hydrogen-bond donors (Lipinski definition) is 0. The number of nitriles is 1. The third kappa shape index (κ3) is 2.10. The van der Waals surface area contributed by atoms with E-state index in [-0.39, 0.29) is 5.78 Å². The second kappa shape index (κ2) is 4.33. The van der Waals surface area contributed by atoms with E-state index < -0.39 is 6.10 Å². The van der Waals surface area contributed by atoms with Gasteiger partial charge < -0.3 is 4.74 Å². The number of rotatable bonds is 3. The van der Waals surface area contributed by atoms with Gasteiger partial charge in [0, 0.05) is 25.1 Å². The van der Waals surface area contributed by atoms with Gasteiger partial charge in [-0.1, -0.05) is 0 Å². The Hall–Kier alpha value is -1.73. The molecular formula is C9H8N2O2. The van der Waals surface area contributed by atoms with Crippen molar-refractivity contribution < 1.29 is 9.53 Å². The molecule has 0 aliphatic rings. The largest absolute Gasteiger partial charge is 0.359 e. The Balaban J connectivity index is 2.86. The number of methoxy groups -OCH3 is 1. The Morgan fingerprint density at radius 2 is 2.23 bits per heavy atom. The molecule has 1 atom stereocenters. The van der Waals surface area contributed by atoms with Crippen LogP contribution < -0.4 is 0 Å². The maximum Gasteiger partial charge on any atom is 0.206 e. The van der Waals surface area contributed by atoms with Gasteiger partial charge in [0.2, 0.25) is 11.9 Å². The number of aromatic nitrogens is 1. The van der Waals surface area contributed by atoms with Crippen LogP contribution in [0.4, 0.5) is 0 Å². The van der Waals surface area contributed by atoms with Crippen molar-refractivity contribution in [3.63, 3.8) is 0 Å². The molecule has 66 valence electrons. The van der Waals surface area contributed by atoms with Gasteiger partial charge in [0.05, 0.1) is 0 Å². The van der Waals surface area contributed by atoms with Crippen LogP contribution >= 0.6 is 0 Å². The number of carbonyl (C=O) groups is 1. The minimum absolute atomic E-state index is 0.340. The van der Waals surface area contributed by atoms with E-state index in [2.05, 4.69) is 9.72 Å². The number of pyridine rings is 1. The Morgan fingerprint density at radius 1 is 1.62 bits per heavy atom. The van der Waals surface area contributed by atoms with E-state index in [4.69, 9.17) is 5.26 Å². The molecule has 0 bridgehead atoms. The van der Waals surface area contributed by atoms with E-state index in [0.29, 0.717) is 5.56 Å². The van der Waals surface area contributed by atoms with Gasteiger partial charge in [-0.2, -0.15) is 5.26 Å². The Labute approximate surface area is 75.8 Å². The molecule has 1 heterocycles. The second-order valence-electron chi connectivity index (χ2n) is 2.34. The van der Waals surface area contributed by atoms with Crippen molar-refractivity contribution >= 4 is 5.78 Å². The normalized spacial score (nSPS) is 11.7. The summed E-state index contributed by atoms with van der Waals surface area (Å²) in [6, 6.07) is 4.85. The van der Waals surface area contributed by atoms with Crippen molar-refractivity contribution in [2.24, 2.45) is 0 Å². The lowest BCUT2D eigenvalue weighted by Crippen LogP contribution is -2.20. The molecule has 0 aliphatic heterocycles. The molecule has 1 unspecified atom stereocenters. The summed E-state index contributed by atoms with van der Waals surface area (Å²) >= 11 is 0. The Kier molecular flexibility index (Phi) is 3.12. The van der Waals surface area contributed by atoms with Crippen LogP contribution in [0.3, 0.4) is 0 Å². The van der Waals surface area contributed by atoms with Crippen LogP contribution in [0, 0.1) is 11.3 Å². The molecule has 4 nitrogen and oxygen atoms in total. The first kappa shape index (κ1) is 9.36. The van der Waals surface area contributed by atoms with E-state index >= 15 is 0 Å². The molecule has 0 saturated heterocycles. The number of hydrogen-bond acceptors (Lipinski definition) is 4. The maximum atomic E-state index is 11.4. The van der Waals surface area contributed by atoms with Crippen molar-refractivity contribution in [1.29, 1.82) is 5.26 Å². The van der Waals surface area contributed by atoms with Gasteiger partial charge >= 0.3 is 0 Å². The predicted molar refractivity (Wildman–Crippen MR) is 45.0 cm³/mol. The Bertz CT molecular complexity index is 329. The standard InChI is InChI=1S/C9H8N2O2/c1-13-8(6-10)9(12)7-2-4-11-5-3-7/h2-5,8H,1H3. The smallest absolute Gasteiger partial charge is 0.206 e. The first-order valence-electron chi connectivity index (χ1n) is 3.66. The fraction of sp³-hybridized carbons (Fsp3) is 0.222. The third-order valence-electron chi connectivity index (χ3n) is 1.56. The van der Waals surface area contributed by atoms with Gasteiger partial charge in [0.1, 0.15) is 6.07 Å². The lowest BCUT2D eigenvalue weighted by molar-refractivity contribution is 0.0734. The molecule has 1 aromatic rings. The SMILES string of the molecule is COC(C#N)C(=O)c1ccncc1. The molecule has 1 rings (SSSR count). The minimum atomic E-state index is -1.03. The van der Waals surface area contributed by atoms with Gasteiger partial charge in [0.25, 0.3) is 0 Å². The van der Waals surface area contributed by atoms with E-state index in [0.717, 1.165) is 0 Å². The van der Waals surface area contributed by atoms with Crippen molar-refractivity contribution in [2.75, 3.05) is 7.11 Å². The average Bonchev–Trinajstić information content (AvgIpc) is 2.21. The molecule has 0 spiro atoms. The number of carbonyl (C=O) groups excluding carboxylic acids is 1. The van der Waals surface area contributed by atoms with E-state index in [1.54, 1.807) is 18.2 Å². The quantitative estimate of drug-likeness (QED) is 0.639. The molecule has 4 heteroatoms. The topological polar surface area (TPSA) is 63.0 Å². The van der Waals surface area contributed by atoms with Crippen molar-refractivity contribution in [3.8, 4) is 6.07 Å². The fourth-order valence-electron chi connectivity index (χ4n) is 0.886. The van der Waals surface area contributed by atoms with Crippen LogP contribution in [0.2, 0.25) is 0 Å². The summed E-state index contributed by atoms with van der Waals surface area (Å²) in [5.41, 5.74) is 0.434. The van der Waals surface area contributed by atoms with Gasteiger partial charge in [-0.15, -0.1) is 0 Å². The molecule has 0 amide bonds. The number of nitrogens with zero attached hydrogens (tertiary/aromatic N) is 2. The first-order chi connectivity index (χ1) is 6.29. The van der Waals surface area contributed by atoms with Crippen LogP contribution in [0.5, 0.6) is 0 Å². The molecule has 13 heavy (non-hydrogen) atoms. The summed E-state index contributed by atoms with van der Waals surface area (Å²) in [7, 11) is 1.33. The summed E-state index contributed by atoms with van der Waals surface area (Å²) in [6.45, 7) is 0. The minimum Gasteiger partial charge on any atom is -0.359 e. The summed E-state index contributed by atoms with van der Waals surface area (Å²) in [5.74, 6) is -0.340. The highest BCUT2D eigenvalue weighted by atomic mass is 16.5. The van der Waals surface area contributed by atoms with Gasteiger partial charge in [-0.05, 0) is 12.1 Å². The van der Waals surface area contributed by atoms with Crippen LogP contribution in [0.1, 0.15) is 10.4 Å². The summed E-state index contributed by atoms with van der Waals surface area (Å²) < 4.78 is 4.68. The summed E-state index contributed by atoms with van der Waals surface area (Å²) in [5, 5.41) is 8.55. The summed E-state index contributed by atoms with van der Waals surface area (Å²) in [4.78, 5) is 15.2. The van der Waals surface area contributed by atoms with Gasteiger partial charge in [0.15, 0.2) is 0 Å². The third-order valence-corrected chi connectivity index (χ3v) is 1.56. The molecule has 0 aliphatic carbocycles. The zero-order valence-electron chi connectivity index (χ0n) is 7.10. The highest BCUT2D eigenvalue weighted by Gasteiger charge is 2.17. The monoisotopic (exact) mass is 176 g/mol. The number of ether oxygens (including phenoxy) is 1. The summed E-state index contributed by atoms with van der Waals surface area (Å²) in [6.07, 6.45) is 1.97. The van der Waals surface area contributed by atoms with Crippen LogP contribution in [-0.2, 0) is 4.74 Å². The van der Waals surface area contributed by atoms with E-state index in [9.17, 15) is 4.79 Å². The lowest BCUT2D eigenvalue weighted by Gasteiger charge is -2.04. The zero-order chi connectivity index (χ0) is 9.68. The average molecular weight is 176 g/mol. The van der Waals surface area contributed by atoms with Crippen LogP contribution in [0.15, 0.2) is 24.5 Å². The van der Waals surface area contributed by atoms with E-state index in [1.807, 2.05) is 0 Å². The predicted octanol–water partition coefficient (Wildman–Crippen LogP) is 0.803. The molecule has 0 fully saturated rings. The first-order valence-corrected chi connectivity index (χ1v) is 3.66. The second-order valence-corrected chi connectivity index (χ2v) is 2.34. The fourth-order valence-corrected chi connectivity index (χ4v) is 0.886. The van der Waals surface area contributed by atoms with Crippen molar-refractivity contribution in [2.45, 2.75) is 6.10 Å². The molecule has 1 aromatic heterocycles. The van der Waals surface area contributed by atoms with Crippen LogP contribution in [0.25, 0.3) is 0 Å². The zero-order valence-corrected chi connectivity index (χ0v) is 7.10. The van der Waals surface area contributed by atoms with Gasteiger partial charge in [-0.3, -0.25) is 9.78 Å². The maximum absolute atomic E-state index is 11.4. The highest BCUT2D eigenvalue weighted by Crippen LogP contribution is 2.03. The molecule has 0 aromatic carbocycles.